The van der Waals surface area contributed by atoms with Crippen LogP contribution in [0.15, 0.2) is 42.6 Å². The summed E-state index contributed by atoms with van der Waals surface area (Å²) in [6.07, 6.45) is -2.47. The summed E-state index contributed by atoms with van der Waals surface area (Å²) >= 11 is 0. The fourth-order valence-electron chi connectivity index (χ4n) is 8.34. The van der Waals surface area contributed by atoms with Crippen molar-refractivity contribution in [2.24, 2.45) is 17.8 Å². The summed E-state index contributed by atoms with van der Waals surface area (Å²) in [5.41, 5.74) is -4.27. The van der Waals surface area contributed by atoms with Gasteiger partial charge in [-0.25, -0.2) is 17.6 Å². The lowest BCUT2D eigenvalue weighted by atomic mass is 9.85. The van der Waals surface area contributed by atoms with Crippen LogP contribution in [0.25, 0.3) is 10.9 Å². The summed E-state index contributed by atoms with van der Waals surface area (Å²) in [7, 11) is -4.50. The summed E-state index contributed by atoms with van der Waals surface area (Å²) in [5.74, 6) is -4.19. The Kier molecular flexibility index (Phi) is 11.9. The first-order chi connectivity index (χ1) is 27.6. The maximum Gasteiger partial charge on any atom is 0.411 e. The van der Waals surface area contributed by atoms with E-state index in [1.54, 1.807) is 36.4 Å². The standard InChI is InChI=1S/C40H51F4N5O9S/c1-6-57-27-11-12-30-25(16-27)17-28(20-45-30)58-29-18-31-33(50)46-39(35(52)47-59(55,56)38(22-41)13-14-38)19-26(39)10-8-7-9-23(2)15-24(3)32(34(51)48(31)21-29)49(36(53)54)37(4,5)40(42,43)44/h8,10-12,16-17,20,23-24,26,29,31-32H,6-7,9,13-15,18-19,21-22H2,1-5H3,(H,46,50)(H,47,52)(H,53,54)/t23-,24-,26-,29-,31+,32+,39-/m1/s1. The fraction of sp³-hybridized carbons (Fsp3) is 0.625. The average molecular weight is 854 g/mol. The van der Waals surface area contributed by atoms with Gasteiger partial charge in [0.25, 0.3) is 5.91 Å². The van der Waals surface area contributed by atoms with Crippen LogP contribution in [-0.4, -0.2) is 112 Å². The van der Waals surface area contributed by atoms with E-state index in [0.29, 0.717) is 49.9 Å². The van der Waals surface area contributed by atoms with Crippen LogP contribution in [0.4, 0.5) is 22.4 Å². The molecule has 3 N–H and O–H groups in total. The number of fused-ring (bicyclic) bond motifs is 3. The molecule has 0 unspecified atom stereocenters. The zero-order valence-electron chi connectivity index (χ0n) is 33.6. The van der Waals surface area contributed by atoms with E-state index in [0.717, 1.165) is 4.90 Å². The summed E-state index contributed by atoms with van der Waals surface area (Å²) in [6.45, 7) is 5.33. The molecule has 2 aliphatic carbocycles. The zero-order chi connectivity index (χ0) is 43.3. The molecular formula is C40H51F4N5O9S. The molecule has 14 nitrogen and oxygen atoms in total. The number of amides is 4. The number of hydrogen-bond donors (Lipinski definition) is 3. The number of carbonyl (C=O) groups is 4. The van der Waals surface area contributed by atoms with Gasteiger partial charge in [0.15, 0.2) is 0 Å². The number of rotatable bonds is 10. The second-order valence-corrected chi connectivity index (χ2v) is 19.0. The van der Waals surface area contributed by atoms with Crippen LogP contribution in [0, 0.1) is 17.8 Å². The van der Waals surface area contributed by atoms with Crippen LogP contribution >= 0.6 is 0 Å². The van der Waals surface area contributed by atoms with Crippen molar-refractivity contribution in [2.75, 3.05) is 19.8 Å². The molecular weight excluding hydrogens is 803 g/mol. The number of nitrogens with zero attached hydrogens (tertiary/aromatic N) is 3. The number of sulfonamides is 1. The molecule has 1 saturated heterocycles. The van der Waals surface area contributed by atoms with Crippen LogP contribution in [0.3, 0.4) is 0 Å². The Balaban J connectivity index is 1.40. The van der Waals surface area contributed by atoms with E-state index < -0.39 is 92.5 Å². The van der Waals surface area contributed by atoms with Crippen molar-refractivity contribution >= 4 is 44.7 Å². The molecule has 7 atom stereocenters. The van der Waals surface area contributed by atoms with Crippen LogP contribution in [-0.2, 0) is 24.4 Å². The van der Waals surface area contributed by atoms with Crippen molar-refractivity contribution in [3.05, 3.63) is 42.6 Å². The number of ether oxygens (including phenoxy) is 2. The number of aromatic nitrogens is 1. The van der Waals surface area contributed by atoms with E-state index in [1.807, 2.05) is 18.6 Å². The third-order valence-electron chi connectivity index (χ3n) is 12.2. The summed E-state index contributed by atoms with van der Waals surface area (Å²) in [4.78, 5) is 61.8. The van der Waals surface area contributed by atoms with Crippen molar-refractivity contribution in [1.29, 1.82) is 0 Å². The van der Waals surface area contributed by atoms with Crippen LogP contribution in [0.2, 0.25) is 0 Å². The monoisotopic (exact) mass is 853 g/mol. The number of halogens is 4. The number of alkyl halides is 4. The Morgan fingerprint density at radius 3 is 2.44 bits per heavy atom. The van der Waals surface area contributed by atoms with Gasteiger partial charge in [-0.15, -0.1) is 0 Å². The molecule has 1 aromatic heterocycles. The van der Waals surface area contributed by atoms with Gasteiger partial charge in [0.2, 0.25) is 21.8 Å². The first-order valence-corrected chi connectivity index (χ1v) is 21.3. The first-order valence-electron chi connectivity index (χ1n) is 19.8. The predicted molar refractivity (Wildman–Crippen MR) is 207 cm³/mol. The van der Waals surface area contributed by atoms with Gasteiger partial charge in [0.1, 0.15) is 52.2 Å². The lowest BCUT2D eigenvalue weighted by Gasteiger charge is -2.45. The Bertz CT molecular complexity index is 2110. The third-order valence-corrected chi connectivity index (χ3v) is 14.4. The van der Waals surface area contributed by atoms with Crippen molar-refractivity contribution in [1.82, 2.24) is 24.8 Å². The summed E-state index contributed by atoms with van der Waals surface area (Å²) in [5, 5.41) is 13.7. The van der Waals surface area contributed by atoms with E-state index >= 15 is 0 Å². The van der Waals surface area contributed by atoms with Gasteiger partial charge in [-0.2, -0.15) is 13.2 Å². The highest BCUT2D eigenvalue weighted by Gasteiger charge is 2.64. The summed E-state index contributed by atoms with van der Waals surface area (Å²) < 4.78 is 96.3. The first kappa shape index (κ1) is 43.9. The Morgan fingerprint density at radius 1 is 1.12 bits per heavy atom. The average Bonchev–Trinajstić information content (AvgIpc) is 4.06. The smallest absolute Gasteiger partial charge is 0.411 e. The Morgan fingerprint density at radius 2 is 1.81 bits per heavy atom. The molecule has 3 fully saturated rings. The quantitative estimate of drug-likeness (QED) is 0.204. The largest absolute Gasteiger partial charge is 0.494 e. The van der Waals surface area contributed by atoms with Crippen LogP contribution in [0.1, 0.15) is 79.6 Å². The van der Waals surface area contributed by atoms with E-state index in [-0.39, 0.29) is 55.2 Å². The second kappa shape index (κ2) is 16.1. The molecule has 2 aromatic rings. The van der Waals surface area contributed by atoms with Crippen LogP contribution < -0.4 is 19.5 Å². The van der Waals surface area contributed by atoms with Crippen molar-refractivity contribution < 1.29 is 59.7 Å². The molecule has 1 aromatic carbocycles. The van der Waals surface area contributed by atoms with E-state index in [4.69, 9.17) is 9.47 Å². The predicted octanol–water partition coefficient (Wildman–Crippen LogP) is 5.51. The molecule has 6 rings (SSSR count). The van der Waals surface area contributed by atoms with Gasteiger partial charge in [0, 0.05) is 17.7 Å². The topological polar surface area (TPSA) is 185 Å². The number of pyridine rings is 1. The van der Waals surface area contributed by atoms with Gasteiger partial charge in [-0.05, 0) is 95.4 Å². The molecule has 324 valence electrons. The Hall–Kier alpha value is -4.68. The highest BCUT2D eigenvalue weighted by molar-refractivity contribution is 7.91. The minimum atomic E-state index is -5.11. The number of nitrogens with one attached hydrogen (secondary N) is 2. The molecule has 0 radical (unpaired) electrons. The molecule has 4 amide bonds. The van der Waals surface area contributed by atoms with Gasteiger partial charge in [-0.1, -0.05) is 26.0 Å². The highest BCUT2D eigenvalue weighted by atomic mass is 32.2. The molecule has 0 spiro atoms. The van der Waals surface area contributed by atoms with Gasteiger partial charge >= 0.3 is 12.3 Å². The number of benzene rings is 1. The lowest BCUT2D eigenvalue weighted by molar-refractivity contribution is -0.222. The zero-order valence-corrected chi connectivity index (χ0v) is 34.4. The fourth-order valence-corrected chi connectivity index (χ4v) is 9.77. The molecule has 2 aliphatic heterocycles. The lowest BCUT2D eigenvalue weighted by Crippen LogP contribution is -2.66. The van der Waals surface area contributed by atoms with Crippen LogP contribution in [0.5, 0.6) is 11.5 Å². The molecule has 2 saturated carbocycles. The number of carboxylic acid groups (broad SMARTS) is 1. The van der Waals surface area contributed by atoms with Gasteiger partial charge in [0.05, 0.1) is 24.9 Å². The minimum absolute atomic E-state index is 0.00598. The minimum Gasteiger partial charge on any atom is -0.494 e. The SMILES string of the molecule is CCOc1ccc2ncc(O[C@@H]3C[C@H]4C(=O)N[C@]5(C(=O)NS(=O)(=O)C6(CF)CC6)C[C@H]5C=CCC[C@@H](C)C[C@@H](C)[C@H](N(C(=O)O)C(C)(C)C(F)(F)F)C(=O)N4C3)cc2c1. The second-order valence-electron chi connectivity index (χ2n) is 16.9. The maximum absolute atomic E-state index is 14.9. The van der Waals surface area contributed by atoms with Crippen molar-refractivity contribution in [2.45, 2.75) is 120 Å². The number of carbonyl (C=O) groups excluding carboxylic acids is 3. The normalized spacial score (nSPS) is 28.7. The van der Waals surface area contributed by atoms with Gasteiger partial charge in [-0.3, -0.25) is 29.0 Å². The molecule has 3 heterocycles. The van der Waals surface area contributed by atoms with Crippen molar-refractivity contribution in [3.8, 4) is 11.5 Å². The molecule has 59 heavy (non-hydrogen) atoms. The summed E-state index contributed by atoms with van der Waals surface area (Å²) in [6, 6.07) is 3.47. The van der Waals surface area contributed by atoms with Crippen molar-refractivity contribution in [3.63, 3.8) is 0 Å². The Labute approximate surface area is 340 Å². The molecule has 4 aliphatic rings. The highest BCUT2D eigenvalue weighted by Crippen LogP contribution is 2.48. The molecule has 0 bridgehead atoms. The number of hydrogen-bond acceptors (Lipinski definition) is 9. The maximum atomic E-state index is 14.9. The number of allylic oxidation sites excluding steroid dienone is 1. The van der Waals surface area contributed by atoms with E-state index in [1.165, 1.54) is 13.1 Å². The van der Waals surface area contributed by atoms with E-state index in [9.17, 15) is 50.3 Å². The van der Waals surface area contributed by atoms with Gasteiger partial charge < -0.3 is 24.8 Å². The molecule has 19 heteroatoms. The van der Waals surface area contributed by atoms with E-state index in [2.05, 4.69) is 10.3 Å². The third kappa shape index (κ3) is 8.53.